The number of carbonyl (C=O) groups is 1. The predicted molar refractivity (Wildman–Crippen MR) is 164 cm³/mol. The third kappa shape index (κ3) is 5.73. The number of benzene rings is 2. The first kappa shape index (κ1) is 28.0. The van der Waals surface area contributed by atoms with Crippen LogP contribution in [0.5, 0.6) is 5.75 Å². The van der Waals surface area contributed by atoms with Gasteiger partial charge in [0.05, 0.1) is 35.6 Å². The van der Waals surface area contributed by atoms with Gasteiger partial charge in [-0.25, -0.2) is 9.79 Å². The molecule has 1 aliphatic rings. The van der Waals surface area contributed by atoms with E-state index in [4.69, 9.17) is 9.73 Å². The van der Waals surface area contributed by atoms with Crippen molar-refractivity contribution in [2.45, 2.75) is 52.5 Å². The van der Waals surface area contributed by atoms with E-state index in [0.29, 0.717) is 40.1 Å². The molecule has 2 heterocycles. The Bertz CT molecular complexity index is 1530. The largest absolute Gasteiger partial charge is 0.506 e. The number of carbonyl (C=O) groups excluding carboxylic acids is 1. The van der Waals surface area contributed by atoms with Gasteiger partial charge in [-0.3, -0.25) is 9.36 Å². The van der Waals surface area contributed by atoms with Gasteiger partial charge < -0.3 is 9.84 Å². The lowest BCUT2D eigenvalue weighted by molar-refractivity contribution is -0.139. The van der Waals surface area contributed by atoms with Gasteiger partial charge in [-0.15, -0.1) is 0 Å². The molecule has 2 aromatic carbocycles. The molecule has 0 saturated carbocycles. The predicted octanol–water partition coefficient (Wildman–Crippen LogP) is 5.62. The van der Waals surface area contributed by atoms with Crippen molar-refractivity contribution in [3.05, 3.63) is 91.2 Å². The fourth-order valence-corrected chi connectivity index (χ4v) is 7.16. The molecule has 0 amide bonds. The summed E-state index contributed by atoms with van der Waals surface area (Å²) in [5.41, 5.74) is 3.72. The number of hydrogen-bond acceptors (Lipinski definition) is 6. The highest BCUT2D eigenvalue weighted by molar-refractivity contribution is 14.1. The molecule has 4 rings (SSSR count). The summed E-state index contributed by atoms with van der Waals surface area (Å²) in [7, 11) is 0. The summed E-state index contributed by atoms with van der Waals surface area (Å²) in [5, 5.41) is 10.1. The molecule has 1 aliphatic heterocycles. The lowest BCUT2D eigenvalue weighted by atomic mass is 9.92. The van der Waals surface area contributed by atoms with E-state index in [1.54, 1.807) is 11.5 Å². The maximum Gasteiger partial charge on any atom is 0.338 e. The number of rotatable bonds is 7. The van der Waals surface area contributed by atoms with Crippen LogP contribution in [-0.4, -0.2) is 22.2 Å². The number of nitrogens with zero attached hydrogens (tertiary/aromatic N) is 2. The van der Waals surface area contributed by atoms with Crippen molar-refractivity contribution in [1.82, 2.24) is 4.57 Å². The van der Waals surface area contributed by atoms with Crippen LogP contribution in [0.4, 0.5) is 0 Å². The van der Waals surface area contributed by atoms with E-state index in [1.807, 2.05) is 37.3 Å². The smallest absolute Gasteiger partial charge is 0.338 e. The molecule has 1 atom stereocenters. The summed E-state index contributed by atoms with van der Waals surface area (Å²) >= 11 is 5.47. The number of aromatic nitrogens is 1. The van der Waals surface area contributed by atoms with E-state index >= 15 is 0 Å². The molecule has 194 valence electrons. The Morgan fingerprint density at radius 3 is 2.41 bits per heavy atom. The van der Waals surface area contributed by atoms with Crippen LogP contribution in [0, 0.1) is 7.14 Å². The van der Waals surface area contributed by atoms with Crippen LogP contribution in [0.3, 0.4) is 0 Å². The van der Waals surface area contributed by atoms with E-state index in [-0.39, 0.29) is 17.9 Å². The van der Waals surface area contributed by atoms with Crippen molar-refractivity contribution in [3.63, 3.8) is 0 Å². The van der Waals surface area contributed by atoms with Crippen LogP contribution in [0.15, 0.2) is 57.5 Å². The molecule has 0 radical (unpaired) electrons. The van der Waals surface area contributed by atoms with Gasteiger partial charge in [0.2, 0.25) is 0 Å². The first-order valence-electron chi connectivity index (χ1n) is 12.2. The highest BCUT2D eigenvalue weighted by Gasteiger charge is 2.34. The van der Waals surface area contributed by atoms with Crippen molar-refractivity contribution in [2.75, 3.05) is 6.61 Å². The molecule has 1 N–H and O–H groups in total. The molecular weight excluding hydrogens is 714 g/mol. The number of hydrogen-bond donors (Lipinski definition) is 1. The average molecular weight is 742 g/mol. The normalized spacial score (nSPS) is 15.6. The van der Waals surface area contributed by atoms with Crippen LogP contribution < -0.4 is 14.9 Å². The zero-order chi connectivity index (χ0) is 26.9. The minimum Gasteiger partial charge on any atom is -0.506 e. The number of allylic oxidation sites excluding steroid dienone is 1. The topological polar surface area (TPSA) is 80.9 Å². The van der Waals surface area contributed by atoms with Gasteiger partial charge in [-0.1, -0.05) is 62.8 Å². The second-order valence-corrected chi connectivity index (χ2v) is 12.4. The number of esters is 1. The fraction of sp³-hybridized carbons (Fsp3) is 0.321. The average Bonchev–Trinajstić information content (AvgIpc) is 3.16. The van der Waals surface area contributed by atoms with Crippen molar-refractivity contribution in [1.29, 1.82) is 0 Å². The Labute approximate surface area is 247 Å². The number of fused-ring (bicyclic) bond motifs is 1. The van der Waals surface area contributed by atoms with Crippen LogP contribution in [0.25, 0.3) is 6.08 Å². The third-order valence-electron chi connectivity index (χ3n) is 6.15. The maximum absolute atomic E-state index is 13.9. The zero-order valence-corrected chi connectivity index (χ0v) is 26.2. The molecule has 1 aromatic heterocycles. The molecule has 0 saturated heterocycles. The standard InChI is InChI=1S/C28H28I2N2O4S/c1-5-7-21-23(27(35)36-6-2)24(18-10-8-17(9-11-18)15(3)4)32-26(34)22(37-28(32)31-21)14-16-12-19(29)25(33)20(30)13-16/h8-15,24,33H,5-7H2,1-4H3/b22-14-/t24-/m0/s1. The Morgan fingerprint density at radius 2 is 1.84 bits per heavy atom. The number of phenolic OH excluding ortho intramolecular Hbond substituents is 1. The summed E-state index contributed by atoms with van der Waals surface area (Å²) in [6, 6.07) is 11.2. The van der Waals surface area contributed by atoms with Gasteiger partial charge in [-0.2, -0.15) is 0 Å². The van der Waals surface area contributed by atoms with E-state index in [0.717, 1.165) is 17.5 Å². The molecule has 3 aromatic rings. The molecule has 9 heteroatoms. The lowest BCUT2D eigenvalue weighted by Gasteiger charge is -2.26. The summed E-state index contributed by atoms with van der Waals surface area (Å²) in [5.74, 6) is 0.153. The Morgan fingerprint density at radius 1 is 1.19 bits per heavy atom. The first-order valence-corrected chi connectivity index (χ1v) is 15.1. The van der Waals surface area contributed by atoms with Crippen LogP contribution in [-0.2, 0) is 9.53 Å². The van der Waals surface area contributed by atoms with Crippen LogP contribution >= 0.6 is 56.5 Å². The van der Waals surface area contributed by atoms with Crippen molar-refractivity contribution in [2.24, 2.45) is 4.99 Å². The lowest BCUT2D eigenvalue weighted by Crippen LogP contribution is -2.40. The number of halogens is 2. The molecule has 0 aliphatic carbocycles. The van der Waals surface area contributed by atoms with Gasteiger partial charge in [-0.05, 0) is 99.3 Å². The van der Waals surface area contributed by atoms with Crippen molar-refractivity contribution in [3.8, 4) is 5.75 Å². The first-order chi connectivity index (χ1) is 17.7. The summed E-state index contributed by atoms with van der Waals surface area (Å²) < 4.78 is 9.03. The van der Waals surface area contributed by atoms with Gasteiger partial charge in [0.1, 0.15) is 5.75 Å². The minimum atomic E-state index is -0.625. The molecule has 0 unspecified atom stereocenters. The number of ether oxygens (including phenoxy) is 1. The molecule has 6 nitrogen and oxygen atoms in total. The quantitative estimate of drug-likeness (QED) is 0.252. The van der Waals surface area contributed by atoms with E-state index in [9.17, 15) is 14.7 Å². The van der Waals surface area contributed by atoms with E-state index in [1.165, 1.54) is 16.9 Å². The Hall–Kier alpha value is -1.99. The number of thiazole rings is 1. The van der Waals surface area contributed by atoms with Gasteiger partial charge >= 0.3 is 5.97 Å². The molecule has 0 fully saturated rings. The Kier molecular flexibility index (Phi) is 8.95. The summed E-state index contributed by atoms with van der Waals surface area (Å²) in [6.07, 6.45) is 3.23. The highest BCUT2D eigenvalue weighted by Crippen LogP contribution is 2.33. The summed E-state index contributed by atoms with van der Waals surface area (Å²) in [6.45, 7) is 8.32. The van der Waals surface area contributed by atoms with Crippen molar-refractivity contribution < 1.29 is 14.6 Å². The third-order valence-corrected chi connectivity index (χ3v) is 8.78. The van der Waals surface area contributed by atoms with Crippen LogP contribution in [0.1, 0.15) is 69.2 Å². The summed E-state index contributed by atoms with van der Waals surface area (Å²) in [4.78, 5) is 32.5. The van der Waals surface area contributed by atoms with Gasteiger partial charge in [0, 0.05) is 0 Å². The van der Waals surface area contributed by atoms with E-state index < -0.39 is 12.0 Å². The van der Waals surface area contributed by atoms with Crippen LogP contribution in [0.2, 0.25) is 0 Å². The van der Waals surface area contributed by atoms with Gasteiger partial charge in [0.15, 0.2) is 4.80 Å². The fourth-order valence-electron chi connectivity index (χ4n) is 4.32. The van der Waals surface area contributed by atoms with Crippen molar-refractivity contribution >= 4 is 68.6 Å². The molecular formula is C28H28I2N2O4S. The minimum absolute atomic E-state index is 0.211. The Balaban J connectivity index is 1.98. The maximum atomic E-state index is 13.9. The molecule has 37 heavy (non-hydrogen) atoms. The second-order valence-electron chi connectivity index (χ2n) is 9.07. The zero-order valence-electron chi connectivity index (χ0n) is 21.0. The number of phenols is 1. The number of aromatic hydroxyl groups is 1. The monoisotopic (exact) mass is 742 g/mol. The molecule has 0 bridgehead atoms. The SMILES string of the molecule is CCCC1=C(C(=O)OCC)[C@H](c2ccc(C(C)C)cc2)n2c(s/c(=C\c3cc(I)c(O)c(I)c3)c2=O)=N1. The highest BCUT2D eigenvalue weighted by atomic mass is 127. The molecule has 0 spiro atoms. The van der Waals surface area contributed by atoms with E-state index in [2.05, 4.69) is 71.2 Å². The van der Waals surface area contributed by atoms with Gasteiger partial charge in [0.25, 0.3) is 5.56 Å². The second kappa shape index (κ2) is 11.8.